The smallest absolute Gasteiger partial charge is 0.320 e. The summed E-state index contributed by atoms with van der Waals surface area (Å²) in [4.78, 5) is 22.7. The monoisotopic (exact) mass is 273 g/mol. The Labute approximate surface area is 116 Å². The number of aliphatic carboxylic acids is 1. The molecule has 20 heavy (non-hydrogen) atoms. The molecular formula is C14H15N3O3. The standard InChI is InChI=1S/C14H15N3O3/c15-7-9-2-1-3-11(6-9)17-12(18)8-16-13(14(19)20)10-4-5-10/h1-3,6,10,13,16H,4-5,8H2,(H,17,18)(H,19,20). The van der Waals surface area contributed by atoms with E-state index >= 15 is 0 Å². The molecule has 0 spiro atoms. The van der Waals surface area contributed by atoms with Crippen molar-refractivity contribution in [1.82, 2.24) is 5.32 Å². The molecule has 0 bridgehead atoms. The molecule has 1 aliphatic rings. The van der Waals surface area contributed by atoms with Gasteiger partial charge in [-0.25, -0.2) is 0 Å². The minimum absolute atomic E-state index is 0.0652. The van der Waals surface area contributed by atoms with Gasteiger partial charge in [0.05, 0.1) is 18.2 Å². The maximum atomic E-state index is 11.7. The number of carboxylic acid groups (broad SMARTS) is 1. The van der Waals surface area contributed by atoms with Crippen molar-refractivity contribution in [3.05, 3.63) is 29.8 Å². The van der Waals surface area contributed by atoms with Crippen molar-refractivity contribution < 1.29 is 14.7 Å². The van der Waals surface area contributed by atoms with E-state index in [0.29, 0.717) is 11.3 Å². The first kappa shape index (κ1) is 14.0. The summed E-state index contributed by atoms with van der Waals surface area (Å²) in [5.41, 5.74) is 0.978. The van der Waals surface area contributed by atoms with Gasteiger partial charge < -0.3 is 10.4 Å². The van der Waals surface area contributed by atoms with Gasteiger partial charge in [0.1, 0.15) is 6.04 Å². The molecule has 1 aromatic carbocycles. The van der Waals surface area contributed by atoms with E-state index < -0.39 is 12.0 Å². The van der Waals surface area contributed by atoms with Gasteiger partial charge in [0.15, 0.2) is 0 Å². The molecule has 2 rings (SSSR count). The molecule has 0 aliphatic heterocycles. The van der Waals surface area contributed by atoms with Gasteiger partial charge in [-0.1, -0.05) is 6.07 Å². The topological polar surface area (TPSA) is 102 Å². The molecule has 0 aromatic heterocycles. The van der Waals surface area contributed by atoms with Gasteiger partial charge in [-0.15, -0.1) is 0 Å². The second-order valence-electron chi connectivity index (χ2n) is 4.78. The van der Waals surface area contributed by atoms with Crippen LogP contribution >= 0.6 is 0 Å². The van der Waals surface area contributed by atoms with Crippen molar-refractivity contribution in [2.24, 2.45) is 5.92 Å². The Morgan fingerprint density at radius 3 is 2.80 bits per heavy atom. The van der Waals surface area contributed by atoms with Crippen molar-refractivity contribution in [3.8, 4) is 6.07 Å². The van der Waals surface area contributed by atoms with Crippen LogP contribution in [-0.2, 0) is 9.59 Å². The van der Waals surface area contributed by atoms with Crippen LogP contribution in [0.4, 0.5) is 5.69 Å². The first-order valence-corrected chi connectivity index (χ1v) is 6.36. The number of anilines is 1. The normalized spacial score (nSPS) is 15.2. The van der Waals surface area contributed by atoms with Crippen LogP contribution in [0.25, 0.3) is 0 Å². The zero-order chi connectivity index (χ0) is 14.5. The number of nitriles is 1. The van der Waals surface area contributed by atoms with E-state index in [-0.39, 0.29) is 18.4 Å². The van der Waals surface area contributed by atoms with Crippen LogP contribution in [0.1, 0.15) is 18.4 Å². The van der Waals surface area contributed by atoms with Crippen molar-refractivity contribution in [2.45, 2.75) is 18.9 Å². The molecule has 0 saturated heterocycles. The van der Waals surface area contributed by atoms with Crippen molar-refractivity contribution in [3.63, 3.8) is 0 Å². The van der Waals surface area contributed by atoms with Crippen LogP contribution in [0.2, 0.25) is 0 Å². The van der Waals surface area contributed by atoms with E-state index in [1.807, 2.05) is 6.07 Å². The molecule has 1 aromatic rings. The largest absolute Gasteiger partial charge is 0.480 e. The molecule has 1 aliphatic carbocycles. The fourth-order valence-electron chi connectivity index (χ4n) is 1.96. The third-order valence-corrected chi connectivity index (χ3v) is 3.12. The highest BCUT2D eigenvalue weighted by Gasteiger charge is 2.36. The molecular weight excluding hydrogens is 258 g/mol. The minimum Gasteiger partial charge on any atom is -0.480 e. The molecule has 1 unspecified atom stereocenters. The predicted octanol–water partition coefficient (Wildman–Crippen LogP) is 0.950. The molecule has 6 nitrogen and oxygen atoms in total. The van der Waals surface area contributed by atoms with Gasteiger partial charge in [0.25, 0.3) is 0 Å². The van der Waals surface area contributed by atoms with Crippen molar-refractivity contribution in [2.75, 3.05) is 11.9 Å². The number of carboxylic acids is 1. The van der Waals surface area contributed by atoms with Gasteiger partial charge in [0.2, 0.25) is 5.91 Å². The number of amides is 1. The number of benzene rings is 1. The molecule has 1 fully saturated rings. The second kappa shape index (κ2) is 6.17. The number of rotatable bonds is 6. The molecule has 1 saturated carbocycles. The van der Waals surface area contributed by atoms with E-state index in [1.54, 1.807) is 24.3 Å². The maximum Gasteiger partial charge on any atom is 0.320 e. The third kappa shape index (κ3) is 3.80. The summed E-state index contributed by atoms with van der Waals surface area (Å²) in [7, 11) is 0. The van der Waals surface area contributed by atoms with E-state index in [9.17, 15) is 9.59 Å². The van der Waals surface area contributed by atoms with E-state index in [0.717, 1.165) is 12.8 Å². The fourth-order valence-corrected chi connectivity index (χ4v) is 1.96. The number of nitrogens with zero attached hydrogens (tertiary/aromatic N) is 1. The van der Waals surface area contributed by atoms with Crippen LogP contribution < -0.4 is 10.6 Å². The van der Waals surface area contributed by atoms with E-state index in [4.69, 9.17) is 10.4 Å². The molecule has 0 heterocycles. The van der Waals surface area contributed by atoms with Gasteiger partial charge in [-0.3, -0.25) is 14.9 Å². The van der Waals surface area contributed by atoms with Gasteiger partial charge in [-0.05, 0) is 37.0 Å². The molecule has 0 radical (unpaired) electrons. The lowest BCUT2D eigenvalue weighted by atomic mass is 10.2. The number of hydrogen-bond acceptors (Lipinski definition) is 4. The summed E-state index contributed by atoms with van der Waals surface area (Å²) >= 11 is 0. The minimum atomic E-state index is -0.924. The molecule has 1 amide bonds. The zero-order valence-corrected chi connectivity index (χ0v) is 10.8. The second-order valence-corrected chi connectivity index (χ2v) is 4.78. The number of hydrogen-bond donors (Lipinski definition) is 3. The molecule has 6 heteroatoms. The lowest BCUT2D eigenvalue weighted by Gasteiger charge is -2.13. The van der Waals surface area contributed by atoms with E-state index in [2.05, 4.69) is 10.6 Å². The molecule has 3 N–H and O–H groups in total. The Bertz CT molecular complexity index is 561. The highest BCUT2D eigenvalue weighted by molar-refractivity contribution is 5.92. The van der Waals surface area contributed by atoms with Gasteiger partial charge >= 0.3 is 5.97 Å². The Morgan fingerprint density at radius 2 is 2.20 bits per heavy atom. The van der Waals surface area contributed by atoms with Gasteiger partial charge in [-0.2, -0.15) is 5.26 Å². The van der Waals surface area contributed by atoms with Crippen molar-refractivity contribution >= 4 is 17.6 Å². The molecule has 1 atom stereocenters. The summed E-state index contributed by atoms with van der Waals surface area (Å²) in [5.74, 6) is -1.12. The highest BCUT2D eigenvalue weighted by atomic mass is 16.4. The Kier molecular flexibility index (Phi) is 4.33. The Hall–Kier alpha value is -2.39. The molecule has 104 valence electrons. The third-order valence-electron chi connectivity index (χ3n) is 3.12. The maximum absolute atomic E-state index is 11.7. The van der Waals surface area contributed by atoms with Crippen LogP contribution in [0.15, 0.2) is 24.3 Å². The predicted molar refractivity (Wildman–Crippen MR) is 71.9 cm³/mol. The first-order chi connectivity index (χ1) is 9.60. The summed E-state index contributed by atoms with van der Waals surface area (Å²) in [6.45, 7) is -0.0652. The number of carbonyl (C=O) groups excluding carboxylic acids is 1. The van der Waals surface area contributed by atoms with Crippen LogP contribution in [0.3, 0.4) is 0 Å². The summed E-state index contributed by atoms with van der Waals surface area (Å²) in [5, 5.41) is 23.2. The average Bonchev–Trinajstić information content (AvgIpc) is 3.23. The van der Waals surface area contributed by atoms with E-state index in [1.165, 1.54) is 0 Å². The summed E-state index contributed by atoms with van der Waals surface area (Å²) in [6, 6.07) is 7.87. The number of nitrogens with one attached hydrogen (secondary N) is 2. The average molecular weight is 273 g/mol. The lowest BCUT2D eigenvalue weighted by molar-refractivity contribution is -0.140. The Morgan fingerprint density at radius 1 is 1.45 bits per heavy atom. The van der Waals surface area contributed by atoms with Gasteiger partial charge in [0, 0.05) is 5.69 Å². The number of carbonyl (C=O) groups is 2. The summed E-state index contributed by atoms with van der Waals surface area (Å²) in [6.07, 6.45) is 1.77. The van der Waals surface area contributed by atoms with Crippen molar-refractivity contribution in [1.29, 1.82) is 5.26 Å². The SMILES string of the molecule is N#Cc1cccc(NC(=O)CNC(C(=O)O)C2CC2)c1. The summed E-state index contributed by atoms with van der Waals surface area (Å²) < 4.78 is 0. The highest BCUT2D eigenvalue weighted by Crippen LogP contribution is 2.32. The quantitative estimate of drug-likeness (QED) is 0.716. The zero-order valence-electron chi connectivity index (χ0n) is 10.8. The lowest BCUT2D eigenvalue weighted by Crippen LogP contribution is -2.42. The fraction of sp³-hybridized carbons (Fsp3) is 0.357. The Balaban J connectivity index is 1.85. The van der Waals surface area contributed by atoms with Crippen LogP contribution in [0.5, 0.6) is 0 Å². The van der Waals surface area contributed by atoms with Crippen LogP contribution in [-0.4, -0.2) is 29.6 Å². The van der Waals surface area contributed by atoms with Crippen LogP contribution in [0, 0.1) is 17.2 Å². The first-order valence-electron chi connectivity index (χ1n) is 6.36.